The van der Waals surface area contributed by atoms with Crippen LogP contribution in [0.25, 0.3) is 0 Å². The largest absolute Gasteiger partial charge is 0.496 e. The van der Waals surface area contributed by atoms with Gasteiger partial charge in [-0.1, -0.05) is 15.9 Å². The summed E-state index contributed by atoms with van der Waals surface area (Å²) in [6.07, 6.45) is -1.57. The normalized spacial score (nSPS) is 12.3. The van der Waals surface area contributed by atoms with Gasteiger partial charge in [-0.25, -0.2) is 4.79 Å². The Kier molecular flexibility index (Phi) is 3.93. The fraction of sp³-hybridized carbons (Fsp3) is 0.364. The van der Waals surface area contributed by atoms with Gasteiger partial charge in [0.1, 0.15) is 5.75 Å². The maximum absolute atomic E-state index is 10.8. The lowest BCUT2D eigenvalue weighted by molar-refractivity contribution is -0.147. The minimum atomic E-state index is -1.57. The molecule has 2 N–H and O–H groups in total. The maximum atomic E-state index is 10.8. The molecule has 1 unspecified atom stereocenters. The fourth-order valence-electron chi connectivity index (χ4n) is 1.58. The zero-order valence-corrected chi connectivity index (χ0v) is 10.8. The molecule has 0 bridgehead atoms. The van der Waals surface area contributed by atoms with Gasteiger partial charge in [0.05, 0.1) is 7.11 Å². The number of carboxylic acids is 1. The summed E-state index contributed by atoms with van der Waals surface area (Å²) in [7, 11) is 1.45. The van der Waals surface area contributed by atoms with Gasteiger partial charge >= 0.3 is 5.97 Å². The molecule has 0 spiro atoms. The van der Waals surface area contributed by atoms with Crippen molar-refractivity contribution in [1.29, 1.82) is 0 Å². The van der Waals surface area contributed by atoms with Gasteiger partial charge in [0.2, 0.25) is 0 Å². The number of carbonyl (C=O) groups is 1. The van der Waals surface area contributed by atoms with E-state index < -0.39 is 12.1 Å². The predicted octanol–water partition coefficient (Wildman–Crippen LogP) is 2.19. The van der Waals surface area contributed by atoms with Crippen LogP contribution in [0.1, 0.15) is 22.8 Å². The van der Waals surface area contributed by atoms with Gasteiger partial charge in [0.15, 0.2) is 6.10 Å². The number of ether oxygens (including phenoxy) is 1. The van der Waals surface area contributed by atoms with Gasteiger partial charge in [-0.3, -0.25) is 0 Å². The lowest BCUT2D eigenvalue weighted by atomic mass is 10.0. The molecule has 1 aromatic carbocycles. The predicted molar refractivity (Wildman–Crippen MR) is 62.8 cm³/mol. The van der Waals surface area contributed by atoms with E-state index in [4.69, 9.17) is 9.84 Å². The van der Waals surface area contributed by atoms with E-state index in [2.05, 4.69) is 15.9 Å². The Bertz CT molecular complexity index is 428. The molecule has 0 fully saturated rings. The highest BCUT2D eigenvalue weighted by Crippen LogP contribution is 2.36. The topological polar surface area (TPSA) is 66.8 Å². The van der Waals surface area contributed by atoms with Crippen LogP contribution in [-0.2, 0) is 4.79 Å². The number of hydrogen-bond acceptors (Lipinski definition) is 3. The number of hydrogen-bond donors (Lipinski definition) is 2. The fourth-order valence-corrected chi connectivity index (χ4v) is 1.88. The second kappa shape index (κ2) is 4.84. The third-order valence-corrected chi connectivity index (χ3v) is 3.60. The van der Waals surface area contributed by atoms with E-state index in [-0.39, 0.29) is 5.56 Å². The average molecular weight is 289 g/mol. The van der Waals surface area contributed by atoms with Crippen molar-refractivity contribution < 1.29 is 19.7 Å². The zero-order valence-electron chi connectivity index (χ0n) is 9.24. The quantitative estimate of drug-likeness (QED) is 0.895. The first-order valence-electron chi connectivity index (χ1n) is 4.64. The molecule has 16 heavy (non-hydrogen) atoms. The van der Waals surface area contributed by atoms with Crippen molar-refractivity contribution in [3.63, 3.8) is 0 Å². The second-order valence-electron chi connectivity index (χ2n) is 3.50. The van der Waals surface area contributed by atoms with E-state index in [1.54, 1.807) is 13.0 Å². The number of aliphatic hydroxyl groups excluding tert-OH is 1. The summed E-state index contributed by atoms with van der Waals surface area (Å²) in [6, 6.07) is 1.61. The van der Waals surface area contributed by atoms with E-state index in [1.807, 2.05) is 6.92 Å². The zero-order chi connectivity index (χ0) is 12.5. The number of methoxy groups -OCH3 is 1. The van der Waals surface area contributed by atoms with Gasteiger partial charge in [-0.15, -0.1) is 0 Å². The summed E-state index contributed by atoms with van der Waals surface area (Å²) >= 11 is 3.38. The molecule has 0 aliphatic carbocycles. The summed E-state index contributed by atoms with van der Waals surface area (Å²) in [5.74, 6) is -0.896. The summed E-state index contributed by atoms with van der Waals surface area (Å²) in [5.41, 5.74) is 1.90. The van der Waals surface area contributed by atoms with Crippen molar-refractivity contribution in [2.24, 2.45) is 0 Å². The number of aryl methyl sites for hydroxylation is 1. The van der Waals surface area contributed by atoms with Crippen LogP contribution in [-0.4, -0.2) is 23.3 Å². The van der Waals surface area contributed by atoms with Crippen molar-refractivity contribution in [3.8, 4) is 5.75 Å². The molecule has 1 atom stereocenters. The van der Waals surface area contributed by atoms with E-state index in [9.17, 15) is 9.90 Å². The Balaban J connectivity index is 3.44. The van der Waals surface area contributed by atoms with Crippen molar-refractivity contribution >= 4 is 21.9 Å². The standard InChI is InChI=1S/C11H13BrO4/c1-5-4-7(9(13)11(14)15)10(16-3)6(2)8(5)12/h4,9,13H,1-3H3,(H,14,15). The number of carboxylic acid groups (broad SMARTS) is 1. The van der Waals surface area contributed by atoms with Crippen LogP contribution in [0.5, 0.6) is 5.75 Å². The molecule has 5 heteroatoms. The molecule has 4 nitrogen and oxygen atoms in total. The Morgan fingerprint density at radius 2 is 2.06 bits per heavy atom. The molecule has 0 saturated carbocycles. The molecule has 1 aromatic rings. The van der Waals surface area contributed by atoms with Gasteiger partial charge in [0, 0.05) is 15.6 Å². The van der Waals surface area contributed by atoms with Crippen LogP contribution in [0.4, 0.5) is 0 Å². The van der Waals surface area contributed by atoms with Crippen LogP contribution in [0, 0.1) is 13.8 Å². The lowest BCUT2D eigenvalue weighted by Gasteiger charge is -2.16. The molecular weight excluding hydrogens is 276 g/mol. The molecular formula is C11H13BrO4. The van der Waals surface area contributed by atoms with E-state index in [1.165, 1.54) is 7.11 Å². The summed E-state index contributed by atoms with van der Waals surface area (Å²) in [4.78, 5) is 10.8. The monoisotopic (exact) mass is 288 g/mol. The molecule has 0 aromatic heterocycles. The second-order valence-corrected chi connectivity index (χ2v) is 4.29. The highest BCUT2D eigenvalue weighted by Gasteiger charge is 2.23. The average Bonchev–Trinajstić information content (AvgIpc) is 2.24. The first kappa shape index (κ1) is 13.0. The third kappa shape index (κ3) is 2.20. The van der Waals surface area contributed by atoms with Crippen molar-refractivity contribution in [1.82, 2.24) is 0 Å². The van der Waals surface area contributed by atoms with E-state index >= 15 is 0 Å². The number of rotatable bonds is 3. The summed E-state index contributed by atoms with van der Waals surface area (Å²) < 4.78 is 5.98. The molecule has 88 valence electrons. The van der Waals surface area contributed by atoms with Crippen LogP contribution >= 0.6 is 15.9 Å². The van der Waals surface area contributed by atoms with Crippen molar-refractivity contribution in [2.45, 2.75) is 20.0 Å². The minimum Gasteiger partial charge on any atom is -0.496 e. The Morgan fingerprint density at radius 1 is 1.50 bits per heavy atom. The Morgan fingerprint density at radius 3 is 2.50 bits per heavy atom. The van der Waals surface area contributed by atoms with E-state index in [0.717, 1.165) is 15.6 Å². The number of benzene rings is 1. The minimum absolute atomic E-state index is 0.271. The number of aliphatic carboxylic acids is 1. The SMILES string of the molecule is COc1c(C(O)C(=O)O)cc(C)c(Br)c1C. The van der Waals surface area contributed by atoms with Crippen LogP contribution < -0.4 is 4.74 Å². The van der Waals surface area contributed by atoms with Gasteiger partial charge in [-0.05, 0) is 25.5 Å². The van der Waals surface area contributed by atoms with Gasteiger partial charge in [0.25, 0.3) is 0 Å². The molecule has 0 saturated heterocycles. The first-order valence-corrected chi connectivity index (χ1v) is 5.43. The number of aliphatic hydroxyl groups is 1. The molecule has 0 aliphatic rings. The third-order valence-electron chi connectivity index (χ3n) is 2.38. The molecule has 0 heterocycles. The smallest absolute Gasteiger partial charge is 0.337 e. The number of halogens is 1. The molecule has 0 radical (unpaired) electrons. The molecule has 0 aliphatic heterocycles. The van der Waals surface area contributed by atoms with Crippen LogP contribution in [0.15, 0.2) is 10.5 Å². The Labute approximate surface area is 102 Å². The van der Waals surface area contributed by atoms with Crippen LogP contribution in [0.2, 0.25) is 0 Å². The van der Waals surface area contributed by atoms with Gasteiger partial charge in [-0.2, -0.15) is 0 Å². The molecule has 1 rings (SSSR count). The lowest BCUT2D eigenvalue weighted by Crippen LogP contribution is -2.12. The van der Waals surface area contributed by atoms with Crippen molar-refractivity contribution in [2.75, 3.05) is 7.11 Å². The van der Waals surface area contributed by atoms with E-state index in [0.29, 0.717) is 5.75 Å². The molecule has 0 amide bonds. The summed E-state index contributed by atoms with van der Waals surface area (Å²) in [5, 5.41) is 18.3. The Hall–Kier alpha value is -1.07. The first-order chi connectivity index (χ1) is 7.40. The highest BCUT2D eigenvalue weighted by molar-refractivity contribution is 9.10. The van der Waals surface area contributed by atoms with Crippen LogP contribution in [0.3, 0.4) is 0 Å². The van der Waals surface area contributed by atoms with Gasteiger partial charge < -0.3 is 14.9 Å². The maximum Gasteiger partial charge on any atom is 0.337 e. The van der Waals surface area contributed by atoms with Crippen molar-refractivity contribution in [3.05, 3.63) is 27.2 Å². The summed E-state index contributed by atoms with van der Waals surface area (Å²) in [6.45, 7) is 3.63. The highest BCUT2D eigenvalue weighted by atomic mass is 79.9.